The number of aliphatic hydroxyl groups excluding tert-OH is 1. The van der Waals surface area contributed by atoms with Gasteiger partial charge in [0.05, 0.1) is 6.10 Å². The number of carbonyl (C=O) groups excluding carboxylic acids is 1. The first-order valence-corrected chi connectivity index (χ1v) is 7.35. The Labute approximate surface area is 128 Å². The molecule has 2 amide bonds. The second-order valence-electron chi connectivity index (χ2n) is 5.50. The second-order valence-corrected chi connectivity index (χ2v) is 5.50. The van der Waals surface area contributed by atoms with Crippen LogP contribution in [0.5, 0.6) is 0 Å². The summed E-state index contributed by atoms with van der Waals surface area (Å²) in [6, 6.07) is 7.20. The van der Waals surface area contributed by atoms with Crippen LogP contribution in [0.4, 0.5) is 10.5 Å². The molecule has 1 aromatic heterocycles. The van der Waals surface area contributed by atoms with Crippen LogP contribution in [0.1, 0.15) is 18.7 Å². The molecule has 1 unspecified atom stereocenters. The van der Waals surface area contributed by atoms with Crippen LogP contribution in [0.2, 0.25) is 0 Å². The van der Waals surface area contributed by atoms with Crippen LogP contribution in [-0.4, -0.2) is 50.4 Å². The van der Waals surface area contributed by atoms with E-state index >= 15 is 0 Å². The maximum absolute atomic E-state index is 12.2. The van der Waals surface area contributed by atoms with Crippen molar-refractivity contribution in [1.82, 2.24) is 20.1 Å². The largest absolute Gasteiger partial charge is 0.391 e. The van der Waals surface area contributed by atoms with Gasteiger partial charge in [0.2, 0.25) is 0 Å². The predicted molar refractivity (Wildman–Crippen MR) is 82.4 cm³/mol. The standard InChI is InChI=1S/C15H19N5O2/c1-10-16-14(19-18-10)11-4-2-5-12(8-11)17-15(22)20-7-3-6-13(21)9-20/h2,4-5,8,13,21H,3,6-7,9H2,1H3,(H,17,22)(H,16,18,19). The molecule has 116 valence electrons. The van der Waals surface area contributed by atoms with E-state index < -0.39 is 6.10 Å². The van der Waals surface area contributed by atoms with Gasteiger partial charge >= 0.3 is 6.03 Å². The molecule has 1 saturated heterocycles. The summed E-state index contributed by atoms with van der Waals surface area (Å²) in [5.41, 5.74) is 1.52. The van der Waals surface area contributed by atoms with E-state index in [1.54, 1.807) is 4.90 Å². The van der Waals surface area contributed by atoms with Gasteiger partial charge in [0.1, 0.15) is 5.82 Å². The molecule has 0 aliphatic carbocycles. The van der Waals surface area contributed by atoms with E-state index in [1.807, 2.05) is 31.2 Å². The van der Waals surface area contributed by atoms with Crippen LogP contribution < -0.4 is 5.32 Å². The molecule has 0 spiro atoms. The fourth-order valence-corrected chi connectivity index (χ4v) is 2.55. The minimum absolute atomic E-state index is 0.193. The monoisotopic (exact) mass is 301 g/mol. The average Bonchev–Trinajstić information content (AvgIpc) is 2.94. The molecule has 1 aliphatic heterocycles. The Kier molecular flexibility index (Phi) is 4.06. The van der Waals surface area contributed by atoms with Crippen molar-refractivity contribution in [3.63, 3.8) is 0 Å². The van der Waals surface area contributed by atoms with Gasteiger partial charge in [-0.1, -0.05) is 12.1 Å². The number of amides is 2. The quantitative estimate of drug-likeness (QED) is 0.788. The number of H-pyrrole nitrogens is 1. The number of hydrogen-bond acceptors (Lipinski definition) is 4. The molecular formula is C15H19N5O2. The van der Waals surface area contributed by atoms with Gasteiger partial charge in [-0.3, -0.25) is 5.10 Å². The molecule has 0 bridgehead atoms. The van der Waals surface area contributed by atoms with Gasteiger partial charge in [-0.15, -0.1) is 0 Å². The van der Waals surface area contributed by atoms with E-state index in [2.05, 4.69) is 20.5 Å². The van der Waals surface area contributed by atoms with Crippen molar-refractivity contribution in [2.24, 2.45) is 0 Å². The first kappa shape index (κ1) is 14.5. The highest BCUT2D eigenvalue weighted by Gasteiger charge is 2.22. The lowest BCUT2D eigenvalue weighted by Gasteiger charge is -2.30. The SMILES string of the molecule is Cc1nc(-c2cccc(NC(=O)N3CCCC(O)C3)c2)n[nH]1. The number of aromatic nitrogens is 3. The predicted octanol–water partition coefficient (Wildman–Crippen LogP) is 1.77. The molecule has 3 rings (SSSR count). The van der Waals surface area contributed by atoms with Gasteiger partial charge in [-0.05, 0) is 31.9 Å². The molecule has 22 heavy (non-hydrogen) atoms. The molecule has 7 heteroatoms. The lowest BCUT2D eigenvalue weighted by atomic mass is 10.1. The van der Waals surface area contributed by atoms with Crippen molar-refractivity contribution in [2.75, 3.05) is 18.4 Å². The highest BCUT2D eigenvalue weighted by molar-refractivity contribution is 5.90. The number of nitrogens with one attached hydrogen (secondary N) is 2. The van der Waals surface area contributed by atoms with E-state index in [0.29, 0.717) is 24.6 Å². The summed E-state index contributed by atoms with van der Waals surface area (Å²) in [6.07, 6.45) is 1.15. The fraction of sp³-hybridized carbons (Fsp3) is 0.400. The van der Waals surface area contributed by atoms with Crippen molar-refractivity contribution in [3.05, 3.63) is 30.1 Å². The van der Waals surface area contributed by atoms with E-state index in [4.69, 9.17) is 0 Å². The van der Waals surface area contributed by atoms with Crippen LogP contribution >= 0.6 is 0 Å². The number of β-amino-alcohol motifs (C(OH)–C–C–N with tert-alkyl or cyclic N) is 1. The van der Waals surface area contributed by atoms with Gasteiger partial charge in [0, 0.05) is 24.3 Å². The summed E-state index contributed by atoms with van der Waals surface area (Å²) < 4.78 is 0. The number of carbonyl (C=O) groups is 1. The van der Waals surface area contributed by atoms with Gasteiger partial charge in [0.25, 0.3) is 0 Å². The normalized spacial score (nSPS) is 18.3. The van der Waals surface area contributed by atoms with Crippen LogP contribution in [0.15, 0.2) is 24.3 Å². The number of aliphatic hydroxyl groups is 1. The average molecular weight is 301 g/mol. The lowest BCUT2D eigenvalue weighted by Crippen LogP contribution is -2.44. The zero-order chi connectivity index (χ0) is 15.5. The molecule has 7 nitrogen and oxygen atoms in total. The number of anilines is 1. The maximum atomic E-state index is 12.2. The number of hydrogen-bond donors (Lipinski definition) is 3. The fourth-order valence-electron chi connectivity index (χ4n) is 2.55. The summed E-state index contributed by atoms with van der Waals surface area (Å²) in [5.74, 6) is 1.34. The summed E-state index contributed by atoms with van der Waals surface area (Å²) >= 11 is 0. The Balaban J connectivity index is 1.71. The third-order valence-electron chi connectivity index (χ3n) is 3.65. The van der Waals surface area contributed by atoms with Crippen LogP contribution in [0, 0.1) is 6.92 Å². The Morgan fingerprint density at radius 2 is 2.36 bits per heavy atom. The lowest BCUT2D eigenvalue weighted by molar-refractivity contribution is 0.0883. The summed E-state index contributed by atoms with van der Waals surface area (Å²) in [4.78, 5) is 18.1. The number of likely N-dealkylation sites (tertiary alicyclic amines) is 1. The molecule has 0 saturated carbocycles. The number of nitrogens with zero attached hydrogens (tertiary/aromatic N) is 3. The molecule has 1 aliphatic rings. The molecule has 1 atom stereocenters. The summed E-state index contributed by atoms with van der Waals surface area (Å²) in [5, 5.41) is 19.4. The first-order valence-electron chi connectivity index (χ1n) is 7.35. The molecule has 1 aromatic carbocycles. The van der Waals surface area contributed by atoms with E-state index in [-0.39, 0.29) is 6.03 Å². The van der Waals surface area contributed by atoms with Gasteiger partial charge in [0.15, 0.2) is 5.82 Å². The highest BCUT2D eigenvalue weighted by Crippen LogP contribution is 2.20. The maximum Gasteiger partial charge on any atom is 0.321 e. The van der Waals surface area contributed by atoms with Gasteiger partial charge < -0.3 is 15.3 Å². The number of urea groups is 1. The van der Waals surface area contributed by atoms with E-state index in [1.165, 1.54) is 0 Å². The van der Waals surface area contributed by atoms with Crippen molar-refractivity contribution >= 4 is 11.7 Å². The number of rotatable bonds is 2. The number of aromatic amines is 1. The second kappa shape index (κ2) is 6.15. The van der Waals surface area contributed by atoms with Crippen molar-refractivity contribution in [2.45, 2.75) is 25.9 Å². The Hall–Kier alpha value is -2.41. The summed E-state index contributed by atoms with van der Waals surface area (Å²) in [6.45, 7) is 2.89. The van der Waals surface area contributed by atoms with Crippen LogP contribution in [0.25, 0.3) is 11.4 Å². The van der Waals surface area contributed by atoms with Gasteiger partial charge in [-0.2, -0.15) is 5.10 Å². The minimum Gasteiger partial charge on any atom is -0.391 e. The third kappa shape index (κ3) is 3.25. The Morgan fingerprint density at radius 1 is 1.50 bits per heavy atom. The van der Waals surface area contributed by atoms with E-state index in [9.17, 15) is 9.90 Å². The number of piperidine rings is 1. The topological polar surface area (TPSA) is 94.1 Å². The zero-order valence-corrected chi connectivity index (χ0v) is 12.4. The summed E-state index contributed by atoms with van der Waals surface area (Å²) in [7, 11) is 0. The molecule has 2 heterocycles. The number of aryl methyl sites for hydroxylation is 1. The Morgan fingerprint density at radius 3 is 3.09 bits per heavy atom. The number of benzene rings is 1. The van der Waals surface area contributed by atoms with Gasteiger partial charge in [-0.25, -0.2) is 9.78 Å². The molecule has 0 radical (unpaired) electrons. The van der Waals surface area contributed by atoms with Crippen molar-refractivity contribution in [3.8, 4) is 11.4 Å². The first-order chi connectivity index (χ1) is 10.6. The van der Waals surface area contributed by atoms with Crippen LogP contribution in [-0.2, 0) is 0 Å². The van der Waals surface area contributed by atoms with Crippen LogP contribution in [0.3, 0.4) is 0 Å². The van der Waals surface area contributed by atoms with Crippen molar-refractivity contribution in [1.29, 1.82) is 0 Å². The highest BCUT2D eigenvalue weighted by atomic mass is 16.3. The molecule has 3 N–H and O–H groups in total. The smallest absolute Gasteiger partial charge is 0.321 e. The Bertz CT molecular complexity index is 669. The molecule has 2 aromatic rings. The minimum atomic E-state index is -0.429. The van der Waals surface area contributed by atoms with Crippen molar-refractivity contribution < 1.29 is 9.90 Å². The molecular weight excluding hydrogens is 282 g/mol. The third-order valence-corrected chi connectivity index (χ3v) is 3.65. The molecule has 1 fully saturated rings. The zero-order valence-electron chi connectivity index (χ0n) is 12.4. The van der Waals surface area contributed by atoms with E-state index in [0.717, 1.165) is 24.2 Å².